The predicted molar refractivity (Wildman–Crippen MR) is 111 cm³/mol. The molecule has 0 saturated carbocycles. The van der Waals surface area contributed by atoms with E-state index in [2.05, 4.69) is 16.8 Å². The molecule has 0 N–H and O–H groups in total. The highest BCUT2D eigenvalue weighted by Gasteiger charge is 2.14. The average molecular weight is 403 g/mol. The molecule has 0 aliphatic heterocycles. The zero-order valence-corrected chi connectivity index (χ0v) is 16.8. The van der Waals surface area contributed by atoms with Crippen molar-refractivity contribution in [3.63, 3.8) is 0 Å². The number of anilines is 1. The summed E-state index contributed by atoms with van der Waals surface area (Å²) >= 11 is 7.63. The molecule has 2 aromatic carbocycles. The summed E-state index contributed by atoms with van der Waals surface area (Å²) < 4.78 is 15.2. The molecule has 0 fully saturated rings. The maximum Gasteiger partial charge on any atom is 0.192 e. The Balaban J connectivity index is 1.85. The molecule has 0 aliphatic carbocycles. The molecule has 7 heteroatoms. The van der Waals surface area contributed by atoms with Gasteiger partial charge in [-0.15, -0.1) is 16.8 Å². The minimum absolute atomic E-state index is 0.341. The van der Waals surface area contributed by atoms with Gasteiger partial charge in [-0.25, -0.2) is 4.39 Å². The topological polar surface area (TPSA) is 34.0 Å². The number of benzene rings is 2. The molecule has 3 aromatic rings. The summed E-state index contributed by atoms with van der Waals surface area (Å²) in [5.41, 5.74) is 2.96. The molecule has 0 radical (unpaired) electrons. The van der Waals surface area contributed by atoms with Gasteiger partial charge in [-0.3, -0.25) is 4.57 Å². The Bertz CT molecular complexity index is 938. The van der Waals surface area contributed by atoms with Crippen molar-refractivity contribution >= 4 is 29.1 Å². The first kappa shape index (κ1) is 19.5. The number of aromatic nitrogens is 3. The van der Waals surface area contributed by atoms with Gasteiger partial charge in [0.05, 0.1) is 0 Å². The van der Waals surface area contributed by atoms with Crippen LogP contribution < -0.4 is 4.90 Å². The first-order valence-corrected chi connectivity index (χ1v) is 9.74. The van der Waals surface area contributed by atoms with Crippen molar-refractivity contribution in [2.75, 3.05) is 19.0 Å². The van der Waals surface area contributed by atoms with Crippen LogP contribution in [-0.4, -0.2) is 28.9 Å². The molecular formula is C20H20ClFN4S. The smallest absolute Gasteiger partial charge is 0.192 e. The number of halogens is 2. The van der Waals surface area contributed by atoms with E-state index < -0.39 is 0 Å². The largest absolute Gasteiger partial charge is 0.378 e. The highest BCUT2D eigenvalue weighted by Crippen LogP contribution is 2.29. The zero-order chi connectivity index (χ0) is 19.4. The molecular weight excluding hydrogens is 383 g/mol. The van der Waals surface area contributed by atoms with Crippen LogP contribution in [0.15, 0.2) is 60.3 Å². The van der Waals surface area contributed by atoms with E-state index in [1.807, 2.05) is 53.9 Å². The lowest BCUT2D eigenvalue weighted by Gasteiger charge is -2.13. The van der Waals surface area contributed by atoms with Crippen LogP contribution >= 0.6 is 23.4 Å². The van der Waals surface area contributed by atoms with E-state index >= 15 is 0 Å². The minimum atomic E-state index is -0.341. The lowest BCUT2D eigenvalue weighted by Crippen LogP contribution is -2.08. The van der Waals surface area contributed by atoms with Gasteiger partial charge in [0.1, 0.15) is 5.82 Å². The van der Waals surface area contributed by atoms with Crippen LogP contribution in [-0.2, 0) is 12.3 Å². The van der Waals surface area contributed by atoms with E-state index in [1.54, 1.807) is 6.07 Å². The maximum atomic E-state index is 13.2. The Morgan fingerprint density at radius 3 is 2.56 bits per heavy atom. The lowest BCUT2D eigenvalue weighted by atomic mass is 10.2. The van der Waals surface area contributed by atoms with Gasteiger partial charge in [0.2, 0.25) is 0 Å². The summed E-state index contributed by atoms with van der Waals surface area (Å²) in [5.74, 6) is 1.02. The van der Waals surface area contributed by atoms with Gasteiger partial charge in [0.15, 0.2) is 11.0 Å². The van der Waals surface area contributed by atoms with Gasteiger partial charge >= 0.3 is 0 Å². The molecule has 0 aliphatic rings. The lowest BCUT2D eigenvalue weighted by molar-refractivity contribution is 0.627. The fourth-order valence-electron chi connectivity index (χ4n) is 2.59. The number of thioether (sulfide) groups is 1. The summed E-state index contributed by atoms with van der Waals surface area (Å²) in [6.45, 7) is 4.43. The molecule has 0 unspecified atom stereocenters. The third kappa shape index (κ3) is 4.51. The molecule has 0 saturated heterocycles. The highest BCUT2D eigenvalue weighted by atomic mass is 35.5. The predicted octanol–water partition coefficient (Wildman–Crippen LogP) is 5.28. The summed E-state index contributed by atoms with van der Waals surface area (Å²) in [4.78, 5) is 2.05. The number of hydrogen-bond acceptors (Lipinski definition) is 4. The van der Waals surface area contributed by atoms with Gasteiger partial charge in [-0.05, 0) is 42.0 Å². The molecule has 1 aromatic heterocycles. The van der Waals surface area contributed by atoms with E-state index in [0.717, 1.165) is 27.8 Å². The van der Waals surface area contributed by atoms with Crippen LogP contribution in [0.25, 0.3) is 11.4 Å². The Morgan fingerprint density at radius 1 is 1.19 bits per heavy atom. The average Bonchev–Trinajstić information content (AvgIpc) is 3.04. The normalized spacial score (nSPS) is 10.8. The Hall–Kier alpha value is -2.31. The third-order valence-electron chi connectivity index (χ3n) is 4.04. The van der Waals surface area contributed by atoms with Crippen LogP contribution in [0.4, 0.5) is 10.1 Å². The fraction of sp³-hybridized carbons (Fsp3) is 0.200. The zero-order valence-electron chi connectivity index (χ0n) is 15.2. The molecule has 3 rings (SSSR count). The maximum absolute atomic E-state index is 13.2. The van der Waals surface area contributed by atoms with Crippen LogP contribution in [0.2, 0.25) is 5.02 Å². The third-order valence-corrected chi connectivity index (χ3v) is 5.41. The number of hydrogen-bond donors (Lipinski definition) is 0. The van der Waals surface area contributed by atoms with Gasteiger partial charge in [-0.1, -0.05) is 35.5 Å². The van der Waals surface area contributed by atoms with E-state index in [0.29, 0.717) is 17.3 Å². The van der Waals surface area contributed by atoms with Gasteiger partial charge in [0.25, 0.3) is 0 Å². The fourth-order valence-corrected chi connectivity index (χ4v) is 3.86. The van der Waals surface area contributed by atoms with Gasteiger partial charge in [-0.2, -0.15) is 0 Å². The molecule has 0 bridgehead atoms. The molecule has 4 nitrogen and oxygen atoms in total. The Labute approximate surface area is 167 Å². The Morgan fingerprint density at radius 2 is 1.93 bits per heavy atom. The van der Waals surface area contributed by atoms with E-state index in [1.165, 1.54) is 23.9 Å². The highest BCUT2D eigenvalue weighted by molar-refractivity contribution is 7.98. The van der Waals surface area contributed by atoms with Crippen LogP contribution in [0, 0.1) is 5.82 Å². The van der Waals surface area contributed by atoms with Crippen molar-refractivity contribution < 1.29 is 4.39 Å². The van der Waals surface area contributed by atoms with Crippen molar-refractivity contribution in [2.45, 2.75) is 17.5 Å². The van der Waals surface area contributed by atoms with Crippen LogP contribution in [0.1, 0.15) is 5.56 Å². The summed E-state index contributed by atoms with van der Waals surface area (Å²) in [6.07, 6.45) is 1.82. The van der Waals surface area contributed by atoms with Crippen LogP contribution in [0.5, 0.6) is 0 Å². The molecule has 27 heavy (non-hydrogen) atoms. The van der Waals surface area contributed by atoms with Gasteiger partial charge in [0, 0.05) is 42.7 Å². The Kier molecular flexibility index (Phi) is 6.19. The van der Waals surface area contributed by atoms with Crippen molar-refractivity contribution in [3.05, 3.63) is 71.5 Å². The summed E-state index contributed by atoms with van der Waals surface area (Å²) in [6, 6.07) is 12.6. The van der Waals surface area contributed by atoms with E-state index in [4.69, 9.17) is 11.6 Å². The van der Waals surface area contributed by atoms with Crippen molar-refractivity contribution in [2.24, 2.45) is 0 Å². The first-order chi connectivity index (χ1) is 13.0. The number of nitrogens with zero attached hydrogens (tertiary/aromatic N) is 4. The molecule has 140 valence electrons. The standard InChI is InChI=1S/C20H20ClFN4S/c1-4-11-26-19(14-6-9-17(10-7-14)25(2)3)23-24-20(26)27-13-15-5-8-16(22)12-18(15)21/h4-10,12H,1,11,13H2,2-3H3. The summed E-state index contributed by atoms with van der Waals surface area (Å²) in [7, 11) is 4.01. The second-order valence-corrected chi connectivity index (χ2v) is 7.52. The minimum Gasteiger partial charge on any atom is -0.378 e. The van der Waals surface area contributed by atoms with Crippen LogP contribution in [0.3, 0.4) is 0 Å². The second kappa shape index (κ2) is 8.59. The molecule has 0 atom stereocenters. The first-order valence-electron chi connectivity index (χ1n) is 8.38. The van der Waals surface area contributed by atoms with Crippen molar-refractivity contribution in [1.29, 1.82) is 0 Å². The monoisotopic (exact) mass is 402 g/mol. The van der Waals surface area contributed by atoms with E-state index in [9.17, 15) is 4.39 Å². The number of rotatable bonds is 7. The molecule has 0 amide bonds. The second-order valence-electron chi connectivity index (χ2n) is 6.17. The number of allylic oxidation sites excluding steroid dienone is 1. The molecule has 1 heterocycles. The van der Waals surface area contributed by atoms with Gasteiger partial charge < -0.3 is 4.90 Å². The summed E-state index contributed by atoms with van der Waals surface area (Å²) in [5, 5.41) is 9.88. The van der Waals surface area contributed by atoms with E-state index in [-0.39, 0.29) is 5.82 Å². The SMILES string of the molecule is C=CCn1c(SCc2ccc(F)cc2Cl)nnc1-c1ccc(N(C)C)cc1. The van der Waals surface area contributed by atoms with Crippen molar-refractivity contribution in [3.8, 4) is 11.4 Å². The van der Waals surface area contributed by atoms with Crippen molar-refractivity contribution in [1.82, 2.24) is 14.8 Å². The quantitative estimate of drug-likeness (QED) is 0.397. The molecule has 0 spiro atoms.